The molecule has 0 aromatic carbocycles. The molecule has 0 aliphatic rings. The maximum Gasteiger partial charge on any atom is 0.226 e. The smallest absolute Gasteiger partial charge is 0.226 e. The van der Waals surface area contributed by atoms with Crippen molar-refractivity contribution in [3.05, 3.63) is 0 Å². The molecule has 1 atom stereocenters. The summed E-state index contributed by atoms with van der Waals surface area (Å²) in [4.78, 5) is 11.4. The zero-order valence-corrected chi connectivity index (χ0v) is 8.98. The molecule has 0 saturated carbocycles. The van der Waals surface area contributed by atoms with Crippen molar-refractivity contribution in [2.45, 2.75) is 26.8 Å². The minimum atomic E-state index is -0.377. The van der Waals surface area contributed by atoms with Gasteiger partial charge in [0.15, 0.2) is 0 Å². The highest BCUT2D eigenvalue weighted by Crippen LogP contribution is 2.13. The fraction of sp³-hybridized carbons (Fsp3) is 0.889. The van der Waals surface area contributed by atoms with E-state index < -0.39 is 0 Å². The van der Waals surface area contributed by atoms with E-state index in [9.17, 15) is 4.79 Å². The van der Waals surface area contributed by atoms with Gasteiger partial charge in [-0.25, -0.2) is 0 Å². The highest BCUT2D eigenvalue weighted by atomic mass is 16.2. The first-order chi connectivity index (χ1) is 5.94. The topological polar surface area (TPSA) is 67.2 Å². The van der Waals surface area contributed by atoms with E-state index in [4.69, 9.17) is 5.73 Å². The third-order valence-electron chi connectivity index (χ3n) is 2.09. The first kappa shape index (κ1) is 12.4. The molecular weight excluding hydrogens is 166 g/mol. The van der Waals surface area contributed by atoms with Crippen LogP contribution in [0.4, 0.5) is 0 Å². The second-order valence-corrected chi connectivity index (χ2v) is 3.98. The predicted octanol–water partition coefficient (Wildman–Crippen LogP) is -0.305. The molecule has 0 aromatic heterocycles. The molecule has 13 heavy (non-hydrogen) atoms. The van der Waals surface area contributed by atoms with Gasteiger partial charge in [-0.1, -0.05) is 0 Å². The van der Waals surface area contributed by atoms with E-state index in [2.05, 4.69) is 10.6 Å². The molecule has 4 heteroatoms. The Morgan fingerprint density at radius 1 is 1.54 bits per heavy atom. The summed E-state index contributed by atoms with van der Waals surface area (Å²) in [7, 11) is 1.65. The summed E-state index contributed by atoms with van der Waals surface area (Å²) >= 11 is 0. The number of carbonyl (C=O) groups is 1. The number of hydrogen-bond acceptors (Lipinski definition) is 3. The number of carbonyl (C=O) groups excluding carboxylic acids is 1. The lowest BCUT2D eigenvalue weighted by Crippen LogP contribution is -2.46. The van der Waals surface area contributed by atoms with Crippen molar-refractivity contribution in [1.82, 2.24) is 10.6 Å². The molecule has 4 N–H and O–H groups in total. The summed E-state index contributed by atoms with van der Waals surface area (Å²) in [6, 6.07) is 0.254. The number of hydrogen-bond donors (Lipinski definition) is 3. The average molecular weight is 187 g/mol. The van der Waals surface area contributed by atoms with Gasteiger partial charge < -0.3 is 16.4 Å². The molecular formula is C9H21N3O. The van der Waals surface area contributed by atoms with Crippen LogP contribution in [-0.4, -0.2) is 32.1 Å². The Bertz CT molecular complexity index is 168. The molecule has 0 rings (SSSR count). The SMILES string of the molecule is CNC(=O)C(C)(C)CNC(C)CN. The molecule has 0 aliphatic carbocycles. The van der Waals surface area contributed by atoms with Gasteiger partial charge in [-0.2, -0.15) is 0 Å². The maximum atomic E-state index is 11.4. The Balaban J connectivity index is 3.95. The summed E-state index contributed by atoms with van der Waals surface area (Å²) in [5.41, 5.74) is 5.07. The van der Waals surface area contributed by atoms with Crippen LogP contribution in [-0.2, 0) is 4.79 Å². The number of nitrogens with two attached hydrogens (primary N) is 1. The Labute approximate surface area is 80.3 Å². The molecule has 0 fully saturated rings. The second-order valence-electron chi connectivity index (χ2n) is 3.98. The molecule has 0 saturated heterocycles. The van der Waals surface area contributed by atoms with E-state index >= 15 is 0 Å². The average Bonchev–Trinajstić information content (AvgIpc) is 2.12. The highest BCUT2D eigenvalue weighted by molar-refractivity contribution is 5.81. The predicted molar refractivity (Wildman–Crippen MR) is 54.4 cm³/mol. The monoisotopic (exact) mass is 187 g/mol. The van der Waals surface area contributed by atoms with Gasteiger partial charge in [-0.15, -0.1) is 0 Å². The van der Waals surface area contributed by atoms with Crippen molar-refractivity contribution in [3.8, 4) is 0 Å². The third kappa shape index (κ3) is 4.24. The van der Waals surface area contributed by atoms with Crippen LogP contribution in [0.1, 0.15) is 20.8 Å². The Kier molecular flexibility index (Phi) is 4.95. The normalized spacial score (nSPS) is 13.9. The van der Waals surface area contributed by atoms with E-state index in [0.717, 1.165) is 0 Å². The summed E-state index contributed by atoms with van der Waals surface area (Å²) in [6.07, 6.45) is 0. The molecule has 0 aliphatic heterocycles. The molecule has 0 spiro atoms. The highest BCUT2D eigenvalue weighted by Gasteiger charge is 2.26. The summed E-state index contributed by atoms with van der Waals surface area (Å²) in [5, 5.41) is 5.84. The second kappa shape index (κ2) is 5.19. The Hall–Kier alpha value is -0.610. The van der Waals surface area contributed by atoms with Crippen molar-refractivity contribution < 1.29 is 4.79 Å². The fourth-order valence-electron chi connectivity index (χ4n) is 0.931. The minimum absolute atomic E-state index is 0.0456. The molecule has 78 valence electrons. The van der Waals surface area contributed by atoms with Gasteiger partial charge in [0.2, 0.25) is 5.91 Å². The number of rotatable bonds is 5. The molecule has 0 aromatic rings. The van der Waals surface area contributed by atoms with Gasteiger partial charge in [0.25, 0.3) is 0 Å². The lowest BCUT2D eigenvalue weighted by atomic mass is 9.92. The Morgan fingerprint density at radius 2 is 2.08 bits per heavy atom. The van der Waals surface area contributed by atoms with E-state index in [1.54, 1.807) is 7.05 Å². The number of amides is 1. The van der Waals surface area contributed by atoms with E-state index in [1.807, 2.05) is 20.8 Å². The van der Waals surface area contributed by atoms with Crippen LogP contribution in [0.25, 0.3) is 0 Å². The van der Waals surface area contributed by atoms with Crippen LogP contribution >= 0.6 is 0 Å². The molecule has 0 bridgehead atoms. The molecule has 0 heterocycles. The molecule has 0 radical (unpaired) electrons. The molecule has 4 nitrogen and oxygen atoms in total. The van der Waals surface area contributed by atoms with Gasteiger partial charge in [0.05, 0.1) is 5.41 Å². The molecule has 1 unspecified atom stereocenters. The van der Waals surface area contributed by atoms with E-state index in [0.29, 0.717) is 13.1 Å². The first-order valence-electron chi connectivity index (χ1n) is 4.59. The van der Waals surface area contributed by atoms with Crippen LogP contribution in [0.2, 0.25) is 0 Å². The van der Waals surface area contributed by atoms with Gasteiger partial charge in [0, 0.05) is 26.2 Å². The third-order valence-corrected chi connectivity index (χ3v) is 2.09. The molecule has 1 amide bonds. The fourth-order valence-corrected chi connectivity index (χ4v) is 0.931. The largest absolute Gasteiger partial charge is 0.359 e. The van der Waals surface area contributed by atoms with Crippen molar-refractivity contribution in [3.63, 3.8) is 0 Å². The van der Waals surface area contributed by atoms with Crippen molar-refractivity contribution in [1.29, 1.82) is 0 Å². The zero-order chi connectivity index (χ0) is 10.5. The van der Waals surface area contributed by atoms with Crippen molar-refractivity contribution in [2.24, 2.45) is 11.1 Å². The standard InChI is InChI=1S/C9H21N3O/c1-7(5-10)12-6-9(2,3)8(13)11-4/h7,12H,5-6,10H2,1-4H3,(H,11,13). The number of nitrogens with one attached hydrogen (secondary N) is 2. The zero-order valence-electron chi connectivity index (χ0n) is 8.98. The van der Waals surface area contributed by atoms with Crippen molar-refractivity contribution in [2.75, 3.05) is 20.1 Å². The van der Waals surface area contributed by atoms with Gasteiger partial charge in [0.1, 0.15) is 0 Å². The minimum Gasteiger partial charge on any atom is -0.359 e. The van der Waals surface area contributed by atoms with Crippen molar-refractivity contribution >= 4 is 5.91 Å². The summed E-state index contributed by atoms with van der Waals surface area (Å²) < 4.78 is 0. The van der Waals surface area contributed by atoms with E-state index in [-0.39, 0.29) is 17.4 Å². The summed E-state index contributed by atoms with van der Waals surface area (Å²) in [6.45, 7) is 7.04. The first-order valence-corrected chi connectivity index (χ1v) is 4.59. The van der Waals surface area contributed by atoms with Crippen LogP contribution in [0.15, 0.2) is 0 Å². The van der Waals surface area contributed by atoms with Crippen LogP contribution in [0, 0.1) is 5.41 Å². The van der Waals surface area contributed by atoms with Crippen LogP contribution < -0.4 is 16.4 Å². The van der Waals surface area contributed by atoms with Crippen LogP contribution in [0.5, 0.6) is 0 Å². The van der Waals surface area contributed by atoms with Gasteiger partial charge in [-0.05, 0) is 20.8 Å². The Morgan fingerprint density at radius 3 is 2.46 bits per heavy atom. The lowest BCUT2D eigenvalue weighted by Gasteiger charge is -2.24. The van der Waals surface area contributed by atoms with Gasteiger partial charge in [-0.3, -0.25) is 4.79 Å². The summed E-state index contributed by atoms with van der Waals surface area (Å²) in [5.74, 6) is 0.0456. The van der Waals surface area contributed by atoms with Crippen LogP contribution in [0.3, 0.4) is 0 Å². The lowest BCUT2D eigenvalue weighted by molar-refractivity contribution is -0.128. The van der Waals surface area contributed by atoms with Gasteiger partial charge >= 0.3 is 0 Å². The van der Waals surface area contributed by atoms with E-state index in [1.165, 1.54) is 0 Å². The maximum absolute atomic E-state index is 11.4. The quantitative estimate of drug-likeness (QED) is 0.553.